The van der Waals surface area contributed by atoms with Crippen molar-refractivity contribution in [3.63, 3.8) is 0 Å². The Bertz CT molecular complexity index is 229. The highest BCUT2D eigenvalue weighted by Crippen LogP contribution is 2.07. The van der Waals surface area contributed by atoms with E-state index in [1.165, 1.54) is 14.0 Å². The Balaban J connectivity index is 4.85. The average molecular weight is 177 g/mol. The Morgan fingerprint density at radius 2 is 2.09 bits per heavy atom. The van der Waals surface area contributed by atoms with E-state index in [0.29, 0.717) is 0 Å². The highest BCUT2D eigenvalue weighted by atomic mass is 35.5. The molecule has 0 aromatic rings. The van der Waals surface area contributed by atoms with Gasteiger partial charge in [0.1, 0.15) is 0 Å². The topological polar surface area (TPSA) is 75.7 Å². The van der Waals surface area contributed by atoms with Gasteiger partial charge in [-0.25, -0.2) is 4.79 Å². The van der Waals surface area contributed by atoms with Crippen LogP contribution >= 0.6 is 11.6 Å². The first-order valence-corrected chi connectivity index (χ1v) is 3.20. The number of carbonyl (C=O) groups is 1. The molecule has 0 aliphatic heterocycles. The van der Waals surface area contributed by atoms with Gasteiger partial charge in [0.15, 0.2) is 5.71 Å². The van der Waals surface area contributed by atoms with Gasteiger partial charge in [-0.2, -0.15) is 0 Å². The van der Waals surface area contributed by atoms with Crippen LogP contribution < -0.4 is 5.73 Å². The lowest BCUT2D eigenvalue weighted by Gasteiger charge is -1.99. The van der Waals surface area contributed by atoms with Gasteiger partial charge in [-0.05, 0) is 6.92 Å². The summed E-state index contributed by atoms with van der Waals surface area (Å²) in [6.45, 7) is 1.51. The summed E-state index contributed by atoms with van der Waals surface area (Å²) in [7, 11) is 1.34. The Labute approximate surface area is 69.4 Å². The number of carboxylic acid groups (broad SMARTS) is 1. The molecule has 0 unspecified atom stereocenters. The van der Waals surface area contributed by atoms with Gasteiger partial charge in [0.05, 0.1) is 5.03 Å². The standard InChI is InChI=1S/C6H9ClN2O2/c1-3(8)4(7)5(9-2)6(10)11/h8H2,1-2H3,(H,10,11). The summed E-state index contributed by atoms with van der Waals surface area (Å²) < 4.78 is 0. The molecule has 0 saturated heterocycles. The van der Waals surface area contributed by atoms with Crippen LogP contribution in [0.4, 0.5) is 0 Å². The van der Waals surface area contributed by atoms with E-state index in [0.717, 1.165) is 0 Å². The number of hydrogen-bond donors (Lipinski definition) is 2. The molecule has 0 aromatic heterocycles. The summed E-state index contributed by atoms with van der Waals surface area (Å²) in [5.74, 6) is -1.18. The first-order chi connectivity index (χ1) is 5.00. The third kappa shape index (κ3) is 2.59. The van der Waals surface area contributed by atoms with E-state index in [2.05, 4.69) is 4.99 Å². The van der Waals surface area contributed by atoms with Crippen molar-refractivity contribution in [3.05, 3.63) is 10.7 Å². The molecule has 0 fully saturated rings. The zero-order valence-electron chi connectivity index (χ0n) is 6.26. The minimum absolute atomic E-state index is 0.0139. The molecule has 0 spiro atoms. The first kappa shape index (κ1) is 9.97. The monoisotopic (exact) mass is 176 g/mol. The lowest BCUT2D eigenvalue weighted by atomic mass is 10.3. The predicted molar refractivity (Wildman–Crippen MR) is 43.7 cm³/mol. The zero-order chi connectivity index (χ0) is 9.02. The molecular weight excluding hydrogens is 168 g/mol. The van der Waals surface area contributed by atoms with Crippen LogP contribution in [0.1, 0.15) is 6.92 Å². The minimum atomic E-state index is -1.18. The van der Waals surface area contributed by atoms with Crippen LogP contribution in [0.2, 0.25) is 0 Å². The summed E-state index contributed by atoms with van der Waals surface area (Å²) in [5.41, 5.74) is 5.28. The quantitative estimate of drug-likeness (QED) is 0.604. The largest absolute Gasteiger partial charge is 0.476 e. The van der Waals surface area contributed by atoms with Crippen LogP contribution in [0.5, 0.6) is 0 Å². The van der Waals surface area contributed by atoms with Crippen molar-refractivity contribution in [2.45, 2.75) is 6.92 Å². The summed E-state index contributed by atoms with van der Waals surface area (Å²) in [5, 5.41) is 8.47. The van der Waals surface area contributed by atoms with Crippen molar-refractivity contribution in [3.8, 4) is 0 Å². The Morgan fingerprint density at radius 3 is 2.18 bits per heavy atom. The Morgan fingerprint density at radius 1 is 1.64 bits per heavy atom. The van der Waals surface area contributed by atoms with Crippen molar-refractivity contribution in [2.75, 3.05) is 7.05 Å². The Kier molecular flexibility index (Phi) is 3.60. The fourth-order valence-electron chi connectivity index (χ4n) is 0.474. The normalized spacial score (nSPS) is 14.3. The lowest BCUT2D eigenvalue weighted by molar-refractivity contribution is -0.129. The molecule has 0 heterocycles. The van der Waals surface area contributed by atoms with Crippen LogP contribution in [0, 0.1) is 0 Å². The molecular formula is C6H9ClN2O2. The molecule has 11 heavy (non-hydrogen) atoms. The fourth-order valence-corrected chi connectivity index (χ4v) is 0.640. The number of nitrogens with two attached hydrogens (primary N) is 1. The lowest BCUT2D eigenvalue weighted by Crippen LogP contribution is -2.15. The van der Waals surface area contributed by atoms with Crippen LogP contribution in [-0.2, 0) is 4.79 Å². The molecule has 4 nitrogen and oxygen atoms in total. The van der Waals surface area contributed by atoms with Crippen molar-refractivity contribution < 1.29 is 9.90 Å². The van der Waals surface area contributed by atoms with E-state index in [-0.39, 0.29) is 16.4 Å². The molecule has 0 amide bonds. The number of aliphatic carboxylic acids is 1. The zero-order valence-corrected chi connectivity index (χ0v) is 7.01. The van der Waals surface area contributed by atoms with E-state index >= 15 is 0 Å². The maximum atomic E-state index is 10.4. The van der Waals surface area contributed by atoms with Gasteiger partial charge in [-0.1, -0.05) is 11.6 Å². The second-order valence-corrected chi connectivity index (χ2v) is 2.25. The average Bonchev–Trinajstić information content (AvgIpc) is 1.88. The smallest absolute Gasteiger partial charge is 0.355 e. The van der Waals surface area contributed by atoms with Crippen molar-refractivity contribution in [2.24, 2.45) is 10.7 Å². The number of aliphatic imine (C=N–C) groups is 1. The molecule has 0 bridgehead atoms. The number of nitrogens with zero attached hydrogens (tertiary/aromatic N) is 1. The van der Waals surface area contributed by atoms with E-state index < -0.39 is 5.97 Å². The second-order valence-electron chi connectivity index (χ2n) is 1.87. The van der Waals surface area contributed by atoms with Gasteiger partial charge < -0.3 is 10.8 Å². The van der Waals surface area contributed by atoms with Crippen LogP contribution in [0.15, 0.2) is 15.7 Å². The SMILES string of the molecule is CN=C(C(=O)O)C(Cl)=C(C)N. The van der Waals surface area contributed by atoms with E-state index in [1.54, 1.807) is 0 Å². The van der Waals surface area contributed by atoms with Gasteiger partial charge >= 0.3 is 5.97 Å². The number of halogens is 1. The molecule has 0 aliphatic carbocycles. The number of carboxylic acids is 1. The summed E-state index contributed by atoms with van der Waals surface area (Å²) in [6, 6.07) is 0. The number of allylic oxidation sites excluding steroid dienone is 1. The molecule has 5 heteroatoms. The second kappa shape index (κ2) is 3.98. The van der Waals surface area contributed by atoms with Crippen molar-refractivity contribution in [1.82, 2.24) is 0 Å². The van der Waals surface area contributed by atoms with Gasteiger partial charge in [0.25, 0.3) is 0 Å². The highest BCUT2D eigenvalue weighted by molar-refractivity contribution is 6.58. The molecule has 0 saturated carbocycles. The summed E-state index contributed by atoms with van der Waals surface area (Å²) >= 11 is 5.52. The maximum absolute atomic E-state index is 10.4. The summed E-state index contributed by atoms with van der Waals surface area (Å²) in [6.07, 6.45) is 0. The number of hydrogen-bond acceptors (Lipinski definition) is 3. The van der Waals surface area contributed by atoms with Crippen LogP contribution in [0.3, 0.4) is 0 Å². The van der Waals surface area contributed by atoms with Gasteiger partial charge in [0.2, 0.25) is 0 Å². The first-order valence-electron chi connectivity index (χ1n) is 2.83. The van der Waals surface area contributed by atoms with E-state index in [4.69, 9.17) is 22.4 Å². The molecule has 0 rings (SSSR count). The molecule has 0 aromatic carbocycles. The van der Waals surface area contributed by atoms with Crippen LogP contribution in [-0.4, -0.2) is 23.8 Å². The molecule has 0 radical (unpaired) electrons. The number of rotatable bonds is 2. The van der Waals surface area contributed by atoms with E-state index in [1.807, 2.05) is 0 Å². The molecule has 62 valence electrons. The maximum Gasteiger partial charge on any atom is 0.355 e. The molecule has 3 N–H and O–H groups in total. The van der Waals surface area contributed by atoms with Crippen molar-refractivity contribution in [1.29, 1.82) is 0 Å². The van der Waals surface area contributed by atoms with Gasteiger partial charge in [0, 0.05) is 12.7 Å². The van der Waals surface area contributed by atoms with Crippen molar-refractivity contribution >= 4 is 23.3 Å². The molecule has 0 atom stereocenters. The highest BCUT2D eigenvalue weighted by Gasteiger charge is 2.13. The third-order valence-electron chi connectivity index (χ3n) is 0.980. The third-order valence-corrected chi connectivity index (χ3v) is 1.46. The Hall–Kier alpha value is -1.03. The fraction of sp³-hybridized carbons (Fsp3) is 0.333. The predicted octanol–water partition coefficient (Wildman–Crippen LogP) is 0.571. The van der Waals surface area contributed by atoms with Gasteiger partial charge in [-0.3, -0.25) is 4.99 Å². The van der Waals surface area contributed by atoms with E-state index in [9.17, 15) is 4.79 Å². The van der Waals surface area contributed by atoms with Gasteiger partial charge in [-0.15, -0.1) is 0 Å². The molecule has 0 aliphatic rings. The summed E-state index contributed by atoms with van der Waals surface area (Å²) in [4.78, 5) is 13.8. The van der Waals surface area contributed by atoms with Crippen LogP contribution in [0.25, 0.3) is 0 Å². The minimum Gasteiger partial charge on any atom is -0.476 e.